The van der Waals surface area contributed by atoms with Crippen LogP contribution in [0.2, 0.25) is 0 Å². The maximum absolute atomic E-state index is 13.7. The lowest BCUT2D eigenvalue weighted by Gasteiger charge is -2.21. The van der Waals surface area contributed by atoms with Crippen LogP contribution in [0, 0.1) is 0 Å². The van der Waals surface area contributed by atoms with E-state index in [0.717, 1.165) is 22.0 Å². The zero-order valence-electron chi connectivity index (χ0n) is 20.1. The minimum absolute atomic E-state index is 0.109. The average Bonchev–Trinajstić information content (AvgIpc) is 3.15. The van der Waals surface area contributed by atoms with E-state index in [-0.39, 0.29) is 18.0 Å². The summed E-state index contributed by atoms with van der Waals surface area (Å²) in [4.78, 5) is 26.8. The predicted molar refractivity (Wildman–Crippen MR) is 143 cm³/mol. The molecule has 0 unspecified atom stereocenters. The fourth-order valence-corrected chi connectivity index (χ4v) is 4.62. The van der Waals surface area contributed by atoms with Crippen molar-refractivity contribution in [1.29, 1.82) is 0 Å². The third-order valence-corrected chi connectivity index (χ3v) is 6.65. The molecule has 1 aliphatic rings. The van der Waals surface area contributed by atoms with Crippen LogP contribution in [0.3, 0.4) is 0 Å². The predicted octanol–water partition coefficient (Wildman–Crippen LogP) is 5.70. The molecule has 1 aromatic heterocycles. The van der Waals surface area contributed by atoms with Crippen LogP contribution in [0.1, 0.15) is 30.5 Å². The van der Waals surface area contributed by atoms with Crippen LogP contribution in [0.4, 0.5) is 5.69 Å². The molecule has 8 heteroatoms. The van der Waals surface area contributed by atoms with Gasteiger partial charge in [-0.2, -0.15) is 0 Å². The van der Waals surface area contributed by atoms with Gasteiger partial charge >= 0.3 is 0 Å². The van der Waals surface area contributed by atoms with Gasteiger partial charge in [0.15, 0.2) is 11.5 Å². The SMILES string of the molecule is CCOc1cccc2c1Oc1c(c(=O)n(-c3ccc(CC)cc3)n1CC(=O)Nc1ccc(Br)cc1)C2. The lowest BCUT2D eigenvalue weighted by molar-refractivity contribution is -0.117. The molecule has 2 heterocycles. The first-order valence-corrected chi connectivity index (χ1v) is 12.7. The number of carbonyl (C=O) groups excluding carboxylic acids is 1. The van der Waals surface area contributed by atoms with Crippen molar-refractivity contribution in [2.75, 3.05) is 11.9 Å². The summed E-state index contributed by atoms with van der Waals surface area (Å²) >= 11 is 3.40. The number of nitrogens with zero attached hydrogens (tertiary/aromatic N) is 2. The third kappa shape index (κ3) is 4.56. The molecule has 0 aliphatic carbocycles. The Morgan fingerprint density at radius 2 is 1.81 bits per heavy atom. The zero-order chi connectivity index (χ0) is 25.2. The summed E-state index contributed by atoms with van der Waals surface area (Å²) in [5.41, 5.74) is 3.66. The number of hydrogen-bond acceptors (Lipinski definition) is 4. The van der Waals surface area contributed by atoms with Gasteiger partial charge < -0.3 is 14.8 Å². The maximum Gasteiger partial charge on any atom is 0.278 e. The van der Waals surface area contributed by atoms with E-state index in [2.05, 4.69) is 28.2 Å². The number of amides is 1. The number of benzene rings is 3. The van der Waals surface area contributed by atoms with Crippen molar-refractivity contribution >= 4 is 27.5 Å². The van der Waals surface area contributed by atoms with E-state index in [0.29, 0.717) is 47.3 Å². The van der Waals surface area contributed by atoms with Crippen molar-refractivity contribution in [1.82, 2.24) is 9.36 Å². The van der Waals surface area contributed by atoms with Gasteiger partial charge in [-0.05, 0) is 61.4 Å². The Labute approximate surface area is 217 Å². The number of aryl methyl sites for hydroxylation is 1. The Balaban J connectivity index is 1.58. The van der Waals surface area contributed by atoms with Crippen LogP contribution in [0.5, 0.6) is 17.4 Å². The molecule has 0 saturated heterocycles. The molecule has 184 valence electrons. The number of para-hydroxylation sites is 1. The summed E-state index contributed by atoms with van der Waals surface area (Å²) in [5.74, 6) is 1.26. The quantitative estimate of drug-likeness (QED) is 0.283. The molecule has 0 atom stereocenters. The molecule has 3 aromatic carbocycles. The van der Waals surface area contributed by atoms with Gasteiger partial charge in [0.1, 0.15) is 6.54 Å². The van der Waals surface area contributed by atoms with E-state index in [1.807, 2.05) is 73.7 Å². The second kappa shape index (κ2) is 10.1. The third-order valence-electron chi connectivity index (χ3n) is 6.12. The van der Waals surface area contributed by atoms with E-state index in [9.17, 15) is 9.59 Å². The van der Waals surface area contributed by atoms with Gasteiger partial charge in [0.25, 0.3) is 5.56 Å². The van der Waals surface area contributed by atoms with Crippen LogP contribution in [0.25, 0.3) is 5.69 Å². The molecular weight excluding hydrogens is 522 g/mol. The summed E-state index contributed by atoms with van der Waals surface area (Å²) in [6.07, 6.45) is 1.28. The van der Waals surface area contributed by atoms with Gasteiger partial charge in [-0.3, -0.25) is 9.59 Å². The number of fused-ring (bicyclic) bond motifs is 2. The van der Waals surface area contributed by atoms with Crippen molar-refractivity contribution in [2.45, 2.75) is 33.2 Å². The number of nitrogens with one attached hydrogen (secondary N) is 1. The van der Waals surface area contributed by atoms with Crippen LogP contribution in [-0.4, -0.2) is 21.9 Å². The molecule has 1 amide bonds. The summed E-state index contributed by atoms with van der Waals surface area (Å²) < 4.78 is 16.1. The van der Waals surface area contributed by atoms with E-state index in [4.69, 9.17) is 9.47 Å². The second-order valence-corrected chi connectivity index (χ2v) is 9.41. The number of carbonyl (C=O) groups is 1. The molecule has 0 saturated carbocycles. The summed E-state index contributed by atoms with van der Waals surface area (Å²) in [6.45, 7) is 4.37. The highest BCUT2D eigenvalue weighted by Gasteiger charge is 2.30. The van der Waals surface area contributed by atoms with E-state index < -0.39 is 0 Å². The van der Waals surface area contributed by atoms with E-state index >= 15 is 0 Å². The number of aromatic nitrogens is 2. The summed E-state index contributed by atoms with van der Waals surface area (Å²) in [7, 11) is 0. The van der Waals surface area contributed by atoms with E-state index in [1.54, 1.807) is 4.68 Å². The lowest BCUT2D eigenvalue weighted by Crippen LogP contribution is -2.27. The van der Waals surface area contributed by atoms with Gasteiger partial charge in [-0.1, -0.05) is 47.1 Å². The average molecular weight is 548 g/mol. The first kappa shape index (κ1) is 23.9. The fraction of sp³-hybridized carbons (Fsp3) is 0.214. The molecular formula is C28H26BrN3O4. The van der Waals surface area contributed by atoms with Gasteiger partial charge in [-0.15, -0.1) is 0 Å². The van der Waals surface area contributed by atoms with Crippen LogP contribution in [0.15, 0.2) is 76.0 Å². The van der Waals surface area contributed by atoms with Gasteiger partial charge in [0, 0.05) is 22.1 Å². The minimum Gasteiger partial charge on any atom is -0.490 e. The maximum atomic E-state index is 13.7. The van der Waals surface area contributed by atoms with Gasteiger partial charge in [0.05, 0.1) is 17.9 Å². The molecule has 0 radical (unpaired) electrons. The highest BCUT2D eigenvalue weighted by molar-refractivity contribution is 9.10. The van der Waals surface area contributed by atoms with Crippen molar-refractivity contribution in [3.63, 3.8) is 0 Å². The second-order valence-electron chi connectivity index (χ2n) is 8.49. The number of anilines is 1. The van der Waals surface area contributed by atoms with Crippen molar-refractivity contribution in [3.8, 4) is 23.1 Å². The molecule has 0 spiro atoms. The molecule has 5 rings (SSSR count). The molecule has 1 N–H and O–H groups in total. The fourth-order valence-electron chi connectivity index (χ4n) is 4.36. The first-order valence-electron chi connectivity index (χ1n) is 11.9. The summed E-state index contributed by atoms with van der Waals surface area (Å²) in [6, 6.07) is 20.8. The Bertz CT molecular complexity index is 1470. The highest BCUT2D eigenvalue weighted by atomic mass is 79.9. The zero-order valence-corrected chi connectivity index (χ0v) is 21.7. The molecule has 4 aromatic rings. The standard InChI is InChI=1S/C28H26BrN3O4/c1-3-18-8-14-22(15-9-18)32-27(34)23-16-19-6-5-7-24(35-4-2)26(19)36-28(23)31(32)17-25(33)30-21-12-10-20(29)11-13-21/h5-15H,3-4,16-17H2,1-2H3,(H,30,33). The molecule has 0 bridgehead atoms. The van der Waals surface area contributed by atoms with Crippen LogP contribution < -0.4 is 20.3 Å². The molecule has 36 heavy (non-hydrogen) atoms. The number of halogens is 1. The van der Waals surface area contributed by atoms with Gasteiger partial charge in [0.2, 0.25) is 11.8 Å². The molecule has 1 aliphatic heterocycles. The number of rotatable bonds is 7. The monoisotopic (exact) mass is 547 g/mol. The first-order chi connectivity index (χ1) is 17.5. The molecule has 7 nitrogen and oxygen atoms in total. The van der Waals surface area contributed by atoms with Gasteiger partial charge in [-0.25, -0.2) is 9.36 Å². The number of hydrogen-bond donors (Lipinski definition) is 1. The lowest BCUT2D eigenvalue weighted by atomic mass is 10.0. The largest absolute Gasteiger partial charge is 0.490 e. The topological polar surface area (TPSA) is 74.5 Å². The molecule has 0 fully saturated rings. The Kier molecular flexibility index (Phi) is 6.69. The highest BCUT2D eigenvalue weighted by Crippen LogP contribution is 2.42. The minimum atomic E-state index is -0.276. The Morgan fingerprint density at radius 3 is 2.50 bits per heavy atom. The van der Waals surface area contributed by atoms with Crippen molar-refractivity contribution in [2.24, 2.45) is 0 Å². The smallest absolute Gasteiger partial charge is 0.278 e. The Morgan fingerprint density at radius 1 is 1.06 bits per heavy atom. The van der Waals surface area contributed by atoms with E-state index in [1.165, 1.54) is 4.68 Å². The van der Waals surface area contributed by atoms with Crippen molar-refractivity contribution < 1.29 is 14.3 Å². The van der Waals surface area contributed by atoms with Crippen LogP contribution >= 0.6 is 15.9 Å². The van der Waals surface area contributed by atoms with Crippen LogP contribution in [-0.2, 0) is 24.2 Å². The van der Waals surface area contributed by atoms with Crippen molar-refractivity contribution in [3.05, 3.63) is 98.2 Å². The Hall–Kier alpha value is -3.78. The summed E-state index contributed by atoms with van der Waals surface area (Å²) in [5, 5.41) is 2.91. The normalized spacial score (nSPS) is 11.9. The number of ether oxygens (including phenoxy) is 2.